The lowest BCUT2D eigenvalue weighted by Crippen LogP contribution is -2.12. The number of aromatic nitrogens is 3. The Hall–Kier alpha value is -6.03. The second kappa shape index (κ2) is 11.7. The number of nitrogens with one attached hydrogen (secondary N) is 2. The van der Waals surface area contributed by atoms with E-state index in [-0.39, 0.29) is 11.3 Å². The first kappa shape index (κ1) is 28.1. The van der Waals surface area contributed by atoms with Crippen LogP contribution in [-0.2, 0) is 0 Å². The number of benzene rings is 4. The van der Waals surface area contributed by atoms with E-state index in [1.54, 1.807) is 32.2 Å². The van der Waals surface area contributed by atoms with E-state index in [0.717, 1.165) is 38.9 Å². The molecule has 0 bridgehead atoms. The number of carbonyl (C=O) groups is 1. The van der Waals surface area contributed by atoms with E-state index >= 15 is 0 Å². The van der Waals surface area contributed by atoms with E-state index in [4.69, 9.17) is 4.74 Å². The van der Waals surface area contributed by atoms with Crippen LogP contribution < -0.4 is 15.4 Å². The van der Waals surface area contributed by atoms with E-state index in [9.17, 15) is 14.9 Å². The van der Waals surface area contributed by atoms with Crippen molar-refractivity contribution < 1.29 is 14.5 Å². The number of methoxy groups -OCH3 is 1. The van der Waals surface area contributed by atoms with Crippen molar-refractivity contribution in [2.45, 2.75) is 6.92 Å². The summed E-state index contributed by atoms with van der Waals surface area (Å²) in [6.07, 6.45) is 3.59. The first-order valence-corrected chi connectivity index (χ1v) is 13.8. The fourth-order valence-electron chi connectivity index (χ4n) is 5.14. The molecule has 0 aliphatic heterocycles. The molecule has 4 aromatic carbocycles. The average molecular weight is 585 g/mol. The Morgan fingerprint density at radius 2 is 1.68 bits per heavy atom. The first-order valence-electron chi connectivity index (χ1n) is 13.8. The molecule has 0 atom stereocenters. The minimum atomic E-state index is -0.486. The van der Waals surface area contributed by atoms with Gasteiger partial charge in [-0.2, -0.15) is 0 Å². The maximum atomic E-state index is 13.0. The summed E-state index contributed by atoms with van der Waals surface area (Å²) in [6, 6.07) is 28.0. The molecule has 0 radical (unpaired) electrons. The lowest BCUT2D eigenvalue weighted by molar-refractivity contribution is -0.385. The summed E-state index contributed by atoms with van der Waals surface area (Å²) in [4.78, 5) is 32.7. The normalized spacial score (nSPS) is 10.9. The Morgan fingerprint density at radius 3 is 2.43 bits per heavy atom. The zero-order chi connectivity index (χ0) is 30.8. The molecule has 6 aromatic rings. The number of ether oxygens (including phenoxy) is 1. The Labute approximate surface area is 253 Å². The van der Waals surface area contributed by atoms with Gasteiger partial charge in [-0.3, -0.25) is 14.9 Å². The molecule has 2 heterocycles. The van der Waals surface area contributed by atoms with E-state index in [1.165, 1.54) is 12.4 Å². The molecular weight excluding hydrogens is 556 g/mol. The van der Waals surface area contributed by atoms with E-state index < -0.39 is 10.8 Å². The Balaban J connectivity index is 1.39. The summed E-state index contributed by atoms with van der Waals surface area (Å²) in [5.41, 5.74) is 6.01. The molecule has 44 heavy (non-hydrogen) atoms. The number of anilines is 2. The number of nitro benzene ring substituents is 1. The van der Waals surface area contributed by atoms with Gasteiger partial charge in [0.1, 0.15) is 23.7 Å². The third-order valence-corrected chi connectivity index (χ3v) is 7.48. The standard InChI is InChI=1S/C34H28N6O4/c1-21-7-8-25(17-30(21)40(42)43)34(41)38-26-6-4-5-23(15-26)24-11-14-28-29(22-9-12-27(44-3)13-10-22)19-39(31(28)16-24)33-18-32(35-2)36-20-37-33/h4-20H,1-3H3,(H,38,41)(H,35,36,37). The van der Waals surface area contributed by atoms with Crippen molar-refractivity contribution in [1.82, 2.24) is 14.5 Å². The number of aryl methyl sites for hydroxylation is 1. The SMILES string of the molecule is CNc1cc(-n2cc(-c3ccc(OC)cc3)c3ccc(-c4cccc(NC(=O)c5ccc(C)c([N+](=O)[O-])c5)c4)cc32)ncn1. The summed E-state index contributed by atoms with van der Waals surface area (Å²) in [5.74, 6) is 1.76. The van der Waals surface area contributed by atoms with Crippen molar-refractivity contribution in [2.75, 3.05) is 24.8 Å². The fraction of sp³-hybridized carbons (Fsp3) is 0.0882. The highest BCUT2D eigenvalue weighted by Crippen LogP contribution is 2.36. The number of rotatable bonds is 8. The highest BCUT2D eigenvalue weighted by atomic mass is 16.6. The third kappa shape index (κ3) is 5.43. The molecule has 218 valence electrons. The van der Waals surface area contributed by atoms with Crippen LogP contribution in [0.4, 0.5) is 17.2 Å². The number of nitrogens with zero attached hydrogens (tertiary/aromatic N) is 4. The maximum Gasteiger partial charge on any atom is 0.273 e. The van der Waals surface area contributed by atoms with Crippen molar-refractivity contribution in [3.05, 3.63) is 125 Å². The quantitative estimate of drug-likeness (QED) is 0.142. The molecule has 0 aliphatic rings. The molecule has 10 nitrogen and oxygen atoms in total. The molecule has 2 aromatic heterocycles. The van der Waals surface area contributed by atoms with Gasteiger partial charge in [-0.05, 0) is 60.0 Å². The van der Waals surface area contributed by atoms with E-state index in [0.29, 0.717) is 22.9 Å². The molecular formula is C34H28N6O4. The minimum Gasteiger partial charge on any atom is -0.497 e. The number of hydrogen-bond donors (Lipinski definition) is 2. The Kier molecular flexibility index (Phi) is 7.47. The van der Waals surface area contributed by atoms with Crippen molar-refractivity contribution in [2.24, 2.45) is 0 Å². The summed E-state index contributed by atoms with van der Waals surface area (Å²) in [6.45, 7) is 1.64. The van der Waals surface area contributed by atoms with Crippen LogP contribution in [-0.4, -0.2) is 39.5 Å². The topological polar surface area (TPSA) is 124 Å². The molecule has 0 spiro atoms. The van der Waals surface area contributed by atoms with Crippen LogP contribution in [0.1, 0.15) is 15.9 Å². The fourth-order valence-corrected chi connectivity index (χ4v) is 5.14. The molecule has 0 saturated heterocycles. The van der Waals surface area contributed by atoms with Crippen LogP contribution >= 0.6 is 0 Å². The molecule has 0 unspecified atom stereocenters. The van der Waals surface area contributed by atoms with Gasteiger partial charge in [-0.15, -0.1) is 0 Å². The second-order valence-electron chi connectivity index (χ2n) is 10.2. The largest absolute Gasteiger partial charge is 0.497 e. The zero-order valence-corrected chi connectivity index (χ0v) is 24.2. The minimum absolute atomic E-state index is 0.0951. The molecule has 6 rings (SSSR count). The average Bonchev–Trinajstić information content (AvgIpc) is 3.44. The maximum absolute atomic E-state index is 13.0. The summed E-state index contributed by atoms with van der Waals surface area (Å²) in [7, 11) is 3.46. The Morgan fingerprint density at radius 1 is 0.909 bits per heavy atom. The van der Waals surface area contributed by atoms with Crippen LogP contribution in [0.5, 0.6) is 5.75 Å². The second-order valence-corrected chi connectivity index (χ2v) is 10.2. The van der Waals surface area contributed by atoms with Crippen molar-refractivity contribution >= 4 is 34.0 Å². The highest BCUT2D eigenvalue weighted by Gasteiger charge is 2.17. The van der Waals surface area contributed by atoms with Crippen LogP contribution in [0.25, 0.3) is 39.0 Å². The van der Waals surface area contributed by atoms with Gasteiger partial charge in [0.15, 0.2) is 0 Å². The smallest absolute Gasteiger partial charge is 0.273 e. The monoisotopic (exact) mass is 584 g/mol. The van der Waals surface area contributed by atoms with Gasteiger partial charge in [0.25, 0.3) is 11.6 Å². The zero-order valence-electron chi connectivity index (χ0n) is 24.2. The summed E-state index contributed by atoms with van der Waals surface area (Å²) in [5, 5.41) is 18.3. The lowest BCUT2D eigenvalue weighted by atomic mass is 10.0. The molecule has 10 heteroatoms. The van der Waals surface area contributed by atoms with E-state index in [1.807, 2.05) is 66.2 Å². The van der Waals surface area contributed by atoms with Gasteiger partial charge < -0.3 is 19.9 Å². The number of amides is 1. The van der Waals surface area contributed by atoms with Crippen LogP contribution in [0.3, 0.4) is 0 Å². The van der Waals surface area contributed by atoms with Crippen molar-refractivity contribution in [3.8, 4) is 33.8 Å². The van der Waals surface area contributed by atoms with Gasteiger partial charge in [0, 0.05) is 53.1 Å². The van der Waals surface area contributed by atoms with Crippen LogP contribution in [0, 0.1) is 17.0 Å². The number of fused-ring (bicyclic) bond motifs is 1. The van der Waals surface area contributed by atoms with Crippen LogP contribution in [0.2, 0.25) is 0 Å². The predicted molar refractivity (Wildman–Crippen MR) is 172 cm³/mol. The summed E-state index contributed by atoms with van der Waals surface area (Å²) >= 11 is 0. The van der Waals surface area contributed by atoms with Crippen LogP contribution in [0.15, 0.2) is 104 Å². The first-order chi connectivity index (χ1) is 21.3. The molecule has 0 aliphatic carbocycles. The number of carbonyl (C=O) groups excluding carboxylic acids is 1. The predicted octanol–water partition coefficient (Wildman–Crippen LogP) is 7.27. The highest BCUT2D eigenvalue weighted by molar-refractivity contribution is 6.05. The summed E-state index contributed by atoms with van der Waals surface area (Å²) < 4.78 is 7.39. The van der Waals surface area contributed by atoms with Gasteiger partial charge in [0.2, 0.25) is 0 Å². The lowest BCUT2D eigenvalue weighted by Gasteiger charge is -2.10. The molecule has 0 fully saturated rings. The van der Waals surface area contributed by atoms with Crippen molar-refractivity contribution in [1.29, 1.82) is 0 Å². The van der Waals surface area contributed by atoms with E-state index in [2.05, 4.69) is 38.9 Å². The van der Waals surface area contributed by atoms with Gasteiger partial charge in [-0.1, -0.05) is 42.5 Å². The molecule has 2 N–H and O–H groups in total. The van der Waals surface area contributed by atoms with Gasteiger partial charge in [0.05, 0.1) is 17.5 Å². The van der Waals surface area contributed by atoms with Crippen molar-refractivity contribution in [3.63, 3.8) is 0 Å². The third-order valence-electron chi connectivity index (χ3n) is 7.48. The molecule has 0 saturated carbocycles. The Bertz CT molecular complexity index is 2030. The van der Waals surface area contributed by atoms with Gasteiger partial charge >= 0.3 is 0 Å². The number of nitro groups is 1. The van der Waals surface area contributed by atoms with Gasteiger partial charge in [-0.25, -0.2) is 9.97 Å². The molecule has 1 amide bonds. The number of hydrogen-bond acceptors (Lipinski definition) is 7.